The van der Waals surface area contributed by atoms with Crippen molar-refractivity contribution in [2.45, 2.75) is 69.7 Å². The van der Waals surface area contributed by atoms with Crippen molar-refractivity contribution >= 4 is 17.8 Å². The Labute approximate surface area is 137 Å². The molecule has 128 valence electrons. The van der Waals surface area contributed by atoms with Crippen LogP contribution in [-0.4, -0.2) is 52.8 Å². The number of likely N-dealkylation sites (tertiary alicyclic amines) is 1. The Morgan fingerprint density at radius 1 is 0.913 bits per heavy atom. The number of hydrogen-bond acceptors (Lipinski definition) is 3. The Kier molecular flexibility index (Phi) is 4.87. The summed E-state index contributed by atoms with van der Waals surface area (Å²) in [6.45, 7) is 1.38. The summed E-state index contributed by atoms with van der Waals surface area (Å²) in [5.74, 6) is -0.284. The largest absolute Gasteiger partial charge is 0.341 e. The van der Waals surface area contributed by atoms with Crippen molar-refractivity contribution < 1.29 is 14.4 Å². The van der Waals surface area contributed by atoms with E-state index < -0.39 is 5.54 Å². The Morgan fingerprint density at radius 2 is 1.48 bits per heavy atom. The van der Waals surface area contributed by atoms with Crippen LogP contribution in [-0.2, 0) is 9.59 Å². The molecular weight excluding hydrogens is 294 g/mol. The second kappa shape index (κ2) is 6.89. The number of rotatable bonds is 2. The number of nitrogens with one attached hydrogen (secondary N) is 1. The average Bonchev–Trinajstić information content (AvgIpc) is 2.85. The smallest absolute Gasteiger partial charge is 0.325 e. The minimum absolute atomic E-state index is 0.0962. The van der Waals surface area contributed by atoms with Crippen molar-refractivity contribution in [1.29, 1.82) is 0 Å². The molecule has 0 aromatic heterocycles. The molecule has 23 heavy (non-hydrogen) atoms. The SMILES string of the molecule is O=C(CN1C(=O)NC2(CCCCCC2)C1=O)N1CCCCCC1. The van der Waals surface area contributed by atoms with E-state index in [9.17, 15) is 14.4 Å². The molecule has 1 N–H and O–H groups in total. The van der Waals surface area contributed by atoms with E-state index in [0.717, 1.165) is 69.4 Å². The van der Waals surface area contributed by atoms with Crippen LogP contribution in [0.25, 0.3) is 0 Å². The molecule has 4 amide bonds. The maximum atomic E-state index is 12.8. The molecule has 0 bridgehead atoms. The van der Waals surface area contributed by atoms with E-state index in [0.29, 0.717) is 12.8 Å². The van der Waals surface area contributed by atoms with Gasteiger partial charge in [0.15, 0.2) is 0 Å². The van der Waals surface area contributed by atoms with Crippen molar-refractivity contribution in [2.75, 3.05) is 19.6 Å². The zero-order chi connectivity index (χ0) is 16.3. The third-order valence-corrected chi connectivity index (χ3v) is 5.46. The van der Waals surface area contributed by atoms with Crippen LogP contribution in [0.15, 0.2) is 0 Å². The standard InChI is InChI=1S/C17H27N3O3/c21-14(19-11-7-3-4-8-12-19)13-20-15(22)17(18-16(20)23)9-5-1-2-6-10-17/h1-13H2,(H,18,23). The lowest BCUT2D eigenvalue weighted by molar-refractivity contribution is -0.139. The normalized spacial score (nSPS) is 25.2. The summed E-state index contributed by atoms with van der Waals surface area (Å²) in [7, 11) is 0. The molecule has 2 heterocycles. The highest BCUT2D eigenvalue weighted by Crippen LogP contribution is 2.32. The number of imide groups is 1. The minimum atomic E-state index is -0.743. The van der Waals surface area contributed by atoms with Crippen molar-refractivity contribution in [1.82, 2.24) is 15.1 Å². The monoisotopic (exact) mass is 321 g/mol. The van der Waals surface area contributed by atoms with Gasteiger partial charge in [-0.25, -0.2) is 4.79 Å². The number of urea groups is 1. The lowest BCUT2D eigenvalue weighted by Crippen LogP contribution is -2.47. The summed E-state index contributed by atoms with van der Waals surface area (Å²) < 4.78 is 0. The molecule has 0 unspecified atom stereocenters. The van der Waals surface area contributed by atoms with E-state index in [2.05, 4.69) is 5.32 Å². The average molecular weight is 321 g/mol. The molecular formula is C17H27N3O3. The summed E-state index contributed by atoms with van der Waals surface area (Å²) >= 11 is 0. The highest BCUT2D eigenvalue weighted by Gasteiger charge is 2.51. The van der Waals surface area contributed by atoms with Gasteiger partial charge in [0, 0.05) is 13.1 Å². The van der Waals surface area contributed by atoms with E-state index in [1.807, 2.05) is 4.90 Å². The minimum Gasteiger partial charge on any atom is -0.341 e. The summed E-state index contributed by atoms with van der Waals surface area (Å²) in [6.07, 6.45) is 9.85. The summed E-state index contributed by atoms with van der Waals surface area (Å²) in [4.78, 5) is 40.5. The first-order valence-corrected chi connectivity index (χ1v) is 9.04. The van der Waals surface area contributed by atoms with Gasteiger partial charge in [-0.2, -0.15) is 0 Å². The number of hydrogen-bond donors (Lipinski definition) is 1. The van der Waals surface area contributed by atoms with E-state index in [4.69, 9.17) is 0 Å². The third-order valence-electron chi connectivity index (χ3n) is 5.46. The zero-order valence-corrected chi connectivity index (χ0v) is 13.8. The van der Waals surface area contributed by atoms with E-state index in [1.165, 1.54) is 0 Å². The predicted octanol–water partition coefficient (Wildman–Crippen LogP) is 2.03. The zero-order valence-electron chi connectivity index (χ0n) is 13.8. The molecule has 0 aromatic rings. The molecule has 3 aliphatic rings. The molecule has 2 saturated heterocycles. The highest BCUT2D eigenvalue weighted by molar-refractivity contribution is 6.09. The van der Waals surface area contributed by atoms with Gasteiger partial charge in [-0.1, -0.05) is 38.5 Å². The summed E-state index contributed by atoms with van der Waals surface area (Å²) in [5.41, 5.74) is -0.743. The fourth-order valence-corrected chi connectivity index (χ4v) is 4.05. The van der Waals surface area contributed by atoms with Crippen LogP contribution in [0.4, 0.5) is 4.79 Å². The second-order valence-corrected chi connectivity index (χ2v) is 7.11. The van der Waals surface area contributed by atoms with Gasteiger partial charge in [0.1, 0.15) is 12.1 Å². The third kappa shape index (κ3) is 3.35. The maximum absolute atomic E-state index is 12.8. The van der Waals surface area contributed by atoms with Gasteiger partial charge in [0.25, 0.3) is 5.91 Å². The van der Waals surface area contributed by atoms with Crippen LogP contribution in [0.1, 0.15) is 64.2 Å². The maximum Gasteiger partial charge on any atom is 0.325 e. The van der Waals surface area contributed by atoms with Crippen molar-refractivity contribution in [3.63, 3.8) is 0 Å². The molecule has 1 spiro atoms. The second-order valence-electron chi connectivity index (χ2n) is 7.11. The molecule has 1 aliphatic carbocycles. The van der Waals surface area contributed by atoms with E-state index in [1.54, 1.807) is 0 Å². The van der Waals surface area contributed by atoms with Gasteiger partial charge in [-0.15, -0.1) is 0 Å². The van der Waals surface area contributed by atoms with Gasteiger partial charge >= 0.3 is 6.03 Å². The van der Waals surface area contributed by atoms with Crippen LogP contribution in [0.5, 0.6) is 0 Å². The molecule has 1 saturated carbocycles. The van der Waals surface area contributed by atoms with Crippen molar-refractivity contribution in [3.8, 4) is 0 Å². The van der Waals surface area contributed by atoms with Gasteiger partial charge < -0.3 is 10.2 Å². The lowest BCUT2D eigenvalue weighted by atomic mass is 9.90. The van der Waals surface area contributed by atoms with Gasteiger partial charge in [0.2, 0.25) is 5.91 Å². The first kappa shape index (κ1) is 16.3. The predicted molar refractivity (Wildman–Crippen MR) is 85.7 cm³/mol. The molecule has 3 rings (SSSR count). The van der Waals surface area contributed by atoms with Crippen molar-refractivity contribution in [3.05, 3.63) is 0 Å². The molecule has 0 aromatic carbocycles. The van der Waals surface area contributed by atoms with Crippen molar-refractivity contribution in [2.24, 2.45) is 0 Å². The van der Waals surface area contributed by atoms with E-state index >= 15 is 0 Å². The molecule has 2 aliphatic heterocycles. The Hall–Kier alpha value is -1.59. The fraction of sp³-hybridized carbons (Fsp3) is 0.824. The van der Waals surface area contributed by atoms with Crippen LogP contribution in [0.2, 0.25) is 0 Å². The van der Waals surface area contributed by atoms with Crippen LogP contribution in [0, 0.1) is 0 Å². The lowest BCUT2D eigenvalue weighted by Gasteiger charge is -2.25. The van der Waals surface area contributed by atoms with Gasteiger partial charge in [-0.05, 0) is 25.7 Å². The summed E-state index contributed by atoms with van der Waals surface area (Å²) in [6, 6.07) is -0.389. The first-order valence-electron chi connectivity index (χ1n) is 9.04. The quantitative estimate of drug-likeness (QED) is 0.791. The number of carbonyl (C=O) groups is 3. The first-order chi connectivity index (χ1) is 11.1. The topological polar surface area (TPSA) is 69.7 Å². The fourth-order valence-electron chi connectivity index (χ4n) is 4.05. The van der Waals surface area contributed by atoms with Crippen LogP contribution in [0.3, 0.4) is 0 Å². The molecule has 6 heteroatoms. The van der Waals surface area contributed by atoms with E-state index in [-0.39, 0.29) is 24.4 Å². The Balaban J connectivity index is 1.66. The van der Waals surface area contributed by atoms with Crippen LogP contribution >= 0.6 is 0 Å². The molecule has 3 fully saturated rings. The Bertz CT molecular complexity index is 475. The molecule has 0 atom stereocenters. The highest BCUT2D eigenvalue weighted by atomic mass is 16.2. The molecule has 0 radical (unpaired) electrons. The van der Waals surface area contributed by atoms with Gasteiger partial charge in [-0.3, -0.25) is 14.5 Å². The van der Waals surface area contributed by atoms with Gasteiger partial charge in [0.05, 0.1) is 0 Å². The number of amides is 4. The van der Waals surface area contributed by atoms with Crippen LogP contribution < -0.4 is 5.32 Å². The molecule has 6 nitrogen and oxygen atoms in total. The Morgan fingerprint density at radius 3 is 2.09 bits per heavy atom. The number of carbonyl (C=O) groups excluding carboxylic acids is 3. The summed E-state index contributed by atoms with van der Waals surface area (Å²) in [5, 5.41) is 2.90. The number of nitrogens with zero attached hydrogens (tertiary/aromatic N) is 2.